The van der Waals surface area contributed by atoms with E-state index in [1.165, 1.54) is 0 Å². The Hall–Kier alpha value is -1.29. The number of rotatable bonds is 2. The molecule has 1 fully saturated rings. The van der Waals surface area contributed by atoms with Gasteiger partial charge in [-0.1, -0.05) is 0 Å². The molecular weight excluding hydrogens is 178 g/mol. The van der Waals surface area contributed by atoms with E-state index < -0.39 is 23.5 Å². The van der Waals surface area contributed by atoms with Crippen LogP contribution in [0, 0.1) is 11.6 Å². The highest BCUT2D eigenvalue weighted by molar-refractivity contribution is 6.01. The summed E-state index contributed by atoms with van der Waals surface area (Å²) in [6, 6.07) is 2.80. The van der Waals surface area contributed by atoms with Crippen molar-refractivity contribution in [1.82, 2.24) is 0 Å². The maximum absolute atomic E-state index is 13.0. The van der Waals surface area contributed by atoms with E-state index in [0.717, 1.165) is 18.2 Å². The number of epoxide rings is 1. The van der Waals surface area contributed by atoms with E-state index in [4.69, 9.17) is 0 Å². The van der Waals surface area contributed by atoms with Gasteiger partial charge in [0.25, 0.3) is 0 Å². The molecule has 0 saturated carbocycles. The Morgan fingerprint density at radius 3 is 2.77 bits per heavy atom. The summed E-state index contributed by atoms with van der Waals surface area (Å²) in [5.74, 6) is -1.82. The van der Waals surface area contributed by atoms with Gasteiger partial charge in [0.05, 0.1) is 12.2 Å². The third kappa shape index (κ3) is 1.58. The van der Waals surface area contributed by atoms with Gasteiger partial charge in [-0.25, -0.2) is 8.78 Å². The maximum Gasteiger partial charge on any atom is 0.196 e. The van der Waals surface area contributed by atoms with Gasteiger partial charge >= 0.3 is 0 Å². The van der Waals surface area contributed by atoms with Crippen LogP contribution in [0.3, 0.4) is 0 Å². The van der Waals surface area contributed by atoms with Crippen molar-refractivity contribution in [2.24, 2.45) is 0 Å². The van der Waals surface area contributed by atoms with Gasteiger partial charge in [0.2, 0.25) is 0 Å². The van der Waals surface area contributed by atoms with Gasteiger partial charge in [-0.05, 0) is 18.2 Å². The Labute approximate surface area is 73.1 Å². The molecule has 1 heterocycles. The van der Waals surface area contributed by atoms with Gasteiger partial charge in [-0.15, -0.1) is 0 Å². The summed E-state index contributed by atoms with van der Waals surface area (Å²) in [5.41, 5.74) is -0.234. The van der Waals surface area contributed by atoms with Gasteiger partial charge in [0.1, 0.15) is 17.7 Å². The predicted octanol–water partition coefficient (Wildman–Crippen LogP) is 1.55. The molecule has 13 heavy (non-hydrogen) atoms. The first kappa shape index (κ1) is 8.31. The molecule has 0 aromatic heterocycles. The average molecular weight is 184 g/mol. The monoisotopic (exact) mass is 184 g/mol. The second-order valence-corrected chi connectivity index (χ2v) is 2.81. The molecule has 0 bridgehead atoms. The second kappa shape index (κ2) is 2.88. The Morgan fingerprint density at radius 1 is 1.46 bits per heavy atom. The molecule has 1 atom stereocenters. The lowest BCUT2D eigenvalue weighted by atomic mass is 10.1. The second-order valence-electron chi connectivity index (χ2n) is 2.81. The fourth-order valence-corrected chi connectivity index (χ4v) is 1.06. The SMILES string of the molecule is O=C(c1cc(F)ccc1F)C1CO1. The Balaban J connectivity index is 2.37. The van der Waals surface area contributed by atoms with Crippen molar-refractivity contribution in [3.05, 3.63) is 35.4 Å². The van der Waals surface area contributed by atoms with Crippen molar-refractivity contribution in [1.29, 1.82) is 0 Å². The fourth-order valence-electron chi connectivity index (χ4n) is 1.06. The quantitative estimate of drug-likeness (QED) is 0.515. The Bertz CT molecular complexity index is 359. The van der Waals surface area contributed by atoms with Crippen molar-refractivity contribution < 1.29 is 18.3 Å². The zero-order valence-electron chi connectivity index (χ0n) is 6.59. The number of carbonyl (C=O) groups excluding carboxylic acids is 1. The van der Waals surface area contributed by atoms with Crippen LogP contribution in [0.1, 0.15) is 10.4 Å². The van der Waals surface area contributed by atoms with E-state index in [9.17, 15) is 13.6 Å². The lowest BCUT2D eigenvalue weighted by Crippen LogP contribution is -2.09. The first-order chi connectivity index (χ1) is 6.18. The van der Waals surface area contributed by atoms with Gasteiger partial charge in [0.15, 0.2) is 5.78 Å². The minimum Gasteiger partial charge on any atom is -0.364 e. The summed E-state index contributed by atoms with van der Waals surface area (Å²) >= 11 is 0. The summed E-state index contributed by atoms with van der Waals surface area (Å²) in [4.78, 5) is 11.2. The minimum absolute atomic E-state index is 0.234. The van der Waals surface area contributed by atoms with Crippen molar-refractivity contribution in [3.63, 3.8) is 0 Å². The van der Waals surface area contributed by atoms with Crippen LogP contribution in [0.4, 0.5) is 8.78 Å². The van der Waals surface area contributed by atoms with E-state index in [0.29, 0.717) is 6.61 Å². The lowest BCUT2D eigenvalue weighted by Gasteiger charge is -1.98. The third-order valence-corrected chi connectivity index (χ3v) is 1.82. The Kier molecular flexibility index (Phi) is 1.84. The molecule has 1 unspecified atom stereocenters. The first-order valence-electron chi connectivity index (χ1n) is 3.79. The third-order valence-electron chi connectivity index (χ3n) is 1.82. The number of ether oxygens (including phenoxy) is 1. The predicted molar refractivity (Wildman–Crippen MR) is 40.4 cm³/mol. The van der Waals surface area contributed by atoms with Crippen LogP contribution < -0.4 is 0 Å². The van der Waals surface area contributed by atoms with Crippen molar-refractivity contribution >= 4 is 5.78 Å². The topological polar surface area (TPSA) is 29.6 Å². The number of ketones is 1. The summed E-state index contributed by atoms with van der Waals surface area (Å²) in [5, 5.41) is 0. The smallest absolute Gasteiger partial charge is 0.196 e. The molecule has 1 aromatic rings. The van der Waals surface area contributed by atoms with Crippen molar-refractivity contribution in [3.8, 4) is 0 Å². The molecule has 1 saturated heterocycles. The van der Waals surface area contributed by atoms with Crippen LogP contribution >= 0.6 is 0 Å². The molecule has 0 spiro atoms. The van der Waals surface area contributed by atoms with Crippen LogP contribution in [-0.4, -0.2) is 18.5 Å². The molecule has 4 heteroatoms. The molecule has 68 valence electrons. The molecule has 2 nitrogen and oxygen atoms in total. The number of halogens is 2. The number of carbonyl (C=O) groups is 1. The Morgan fingerprint density at radius 2 is 2.15 bits per heavy atom. The molecule has 2 rings (SSSR count). The normalized spacial score (nSPS) is 20.0. The van der Waals surface area contributed by atoms with Crippen LogP contribution in [0.5, 0.6) is 0 Å². The zero-order chi connectivity index (χ0) is 9.42. The lowest BCUT2D eigenvalue weighted by molar-refractivity contribution is 0.0949. The molecule has 0 N–H and O–H groups in total. The molecule has 1 aliphatic rings. The number of hydrogen-bond donors (Lipinski definition) is 0. The summed E-state index contributed by atoms with van der Waals surface area (Å²) in [6.07, 6.45) is -0.573. The van der Waals surface area contributed by atoms with Gasteiger partial charge in [-0.3, -0.25) is 4.79 Å². The van der Waals surface area contributed by atoms with Crippen LogP contribution in [0.25, 0.3) is 0 Å². The van der Waals surface area contributed by atoms with Gasteiger partial charge < -0.3 is 4.74 Å². The highest BCUT2D eigenvalue weighted by Crippen LogP contribution is 2.19. The van der Waals surface area contributed by atoms with E-state index in [1.807, 2.05) is 0 Å². The number of benzene rings is 1. The molecule has 1 aliphatic heterocycles. The highest BCUT2D eigenvalue weighted by atomic mass is 19.1. The van der Waals surface area contributed by atoms with Gasteiger partial charge in [0, 0.05) is 0 Å². The molecule has 0 amide bonds. The zero-order valence-corrected chi connectivity index (χ0v) is 6.59. The molecule has 0 radical (unpaired) electrons. The van der Waals surface area contributed by atoms with E-state index in [1.54, 1.807) is 0 Å². The maximum atomic E-state index is 13.0. The van der Waals surface area contributed by atoms with E-state index in [2.05, 4.69) is 4.74 Å². The number of hydrogen-bond acceptors (Lipinski definition) is 2. The first-order valence-corrected chi connectivity index (χ1v) is 3.79. The van der Waals surface area contributed by atoms with E-state index in [-0.39, 0.29) is 5.56 Å². The van der Waals surface area contributed by atoms with Gasteiger partial charge in [-0.2, -0.15) is 0 Å². The molecular formula is C9H6F2O2. The van der Waals surface area contributed by atoms with Crippen molar-refractivity contribution in [2.45, 2.75) is 6.10 Å². The molecule has 1 aromatic carbocycles. The largest absolute Gasteiger partial charge is 0.364 e. The summed E-state index contributed by atoms with van der Waals surface area (Å²) < 4.78 is 30.3. The van der Waals surface area contributed by atoms with Crippen LogP contribution in [0.2, 0.25) is 0 Å². The van der Waals surface area contributed by atoms with Crippen LogP contribution in [0.15, 0.2) is 18.2 Å². The standard InChI is InChI=1S/C9H6F2O2/c10-5-1-2-7(11)6(3-5)9(12)8-4-13-8/h1-3,8H,4H2. The number of Topliss-reactive ketones (excluding diaryl/α,β-unsaturated/α-hetero) is 1. The fraction of sp³-hybridized carbons (Fsp3) is 0.222. The highest BCUT2D eigenvalue weighted by Gasteiger charge is 2.33. The minimum atomic E-state index is -0.707. The van der Waals surface area contributed by atoms with Crippen LogP contribution in [-0.2, 0) is 4.74 Å². The van der Waals surface area contributed by atoms with Crippen molar-refractivity contribution in [2.75, 3.05) is 6.61 Å². The van der Waals surface area contributed by atoms with E-state index >= 15 is 0 Å². The summed E-state index contributed by atoms with van der Waals surface area (Å²) in [7, 11) is 0. The summed E-state index contributed by atoms with van der Waals surface area (Å²) in [6.45, 7) is 0.300. The molecule has 0 aliphatic carbocycles. The average Bonchev–Trinajstić information content (AvgIpc) is 2.91.